The maximum Gasteiger partial charge on any atom is 0.290 e. The van der Waals surface area contributed by atoms with Gasteiger partial charge in [0, 0.05) is 16.8 Å². The molecule has 0 aliphatic rings. The molecule has 0 saturated heterocycles. The van der Waals surface area contributed by atoms with Gasteiger partial charge in [0.2, 0.25) is 11.7 Å². The molecule has 3 aromatic heterocycles. The fourth-order valence-electron chi connectivity index (χ4n) is 2.24. The van der Waals surface area contributed by atoms with E-state index < -0.39 is 0 Å². The molecule has 1 N–H and O–H groups in total. The van der Waals surface area contributed by atoms with Gasteiger partial charge in [0.25, 0.3) is 11.7 Å². The van der Waals surface area contributed by atoms with E-state index >= 15 is 0 Å². The molecule has 0 saturated carbocycles. The van der Waals surface area contributed by atoms with Gasteiger partial charge in [-0.25, -0.2) is 4.98 Å². The maximum absolute atomic E-state index is 12.4. The number of aromatic nitrogens is 6. The first kappa shape index (κ1) is 16.0. The van der Waals surface area contributed by atoms with Crippen LogP contribution in [0.3, 0.4) is 0 Å². The Hall–Kier alpha value is -2.84. The monoisotopic (exact) mass is 329 g/mol. The van der Waals surface area contributed by atoms with Crippen LogP contribution in [0, 0.1) is 13.8 Å². The minimum Gasteiger partial charge on any atom is -0.340 e. The first-order valence-corrected chi connectivity index (χ1v) is 7.56. The molecule has 3 heterocycles. The van der Waals surface area contributed by atoms with E-state index in [0.29, 0.717) is 17.5 Å². The Morgan fingerprint density at radius 3 is 2.67 bits per heavy atom. The molecule has 0 unspecified atom stereocenters. The summed E-state index contributed by atoms with van der Waals surface area (Å²) in [6.07, 6.45) is 0. The topological polar surface area (TPSA) is 111 Å². The van der Waals surface area contributed by atoms with Crippen LogP contribution in [-0.2, 0) is 12.0 Å². The minimum absolute atomic E-state index is 0.120. The molecule has 3 rings (SSSR count). The van der Waals surface area contributed by atoms with Crippen LogP contribution in [0.15, 0.2) is 10.6 Å². The largest absolute Gasteiger partial charge is 0.340 e. The molecule has 0 fully saturated rings. The number of rotatable bonds is 3. The smallest absolute Gasteiger partial charge is 0.290 e. The van der Waals surface area contributed by atoms with E-state index in [4.69, 9.17) is 4.52 Å². The molecule has 1 amide bonds. The molecule has 0 bridgehead atoms. The van der Waals surface area contributed by atoms with E-state index in [0.717, 1.165) is 11.4 Å². The number of hydrogen-bond acceptors (Lipinski definition) is 7. The van der Waals surface area contributed by atoms with Crippen LogP contribution in [0.2, 0.25) is 0 Å². The van der Waals surface area contributed by atoms with Crippen molar-refractivity contribution in [2.75, 3.05) is 0 Å². The molecule has 24 heavy (non-hydrogen) atoms. The molecule has 0 aliphatic carbocycles. The van der Waals surface area contributed by atoms with Crippen molar-refractivity contribution in [1.29, 1.82) is 0 Å². The molecule has 126 valence electrons. The zero-order valence-corrected chi connectivity index (χ0v) is 14.3. The molecule has 0 radical (unpaired) electrons. The fraction of sp³-hybridized carbons (Fsp3) is 0.467. The average molecular weight is 329 g/mol. The van der Waals surface area contributed by atoms with Gasteiger partial charge in [-0.2, -0.15) is 4.98 Å². The lowest BCUT2D eigenvalue weighted by Crippen LogP contribution is -2.26. The van der Waals surface area contributed by atoms with Crippen molar-refractivity contribution in [3.05, 3.63) is 35.0 Å². The maximum atomic E-state index is 12.4. The van der Waals surface area contributed by atoms with E-state index in [1.165, 1.54) is 0 Å². The van der Waals surface area contributed by atoms with Crippen molar-refractivity contribution in [3.8, 4) is 0 Å². The predicted molar refractivity (Wildman–Crippen MR) is 84.4 cm³/mol. The molecule has 0 spiro atoms. The Bertz CT molecular complexity index is 904. The van der Waals surface area contributed by atoms with Crippen LogP contribution in [0.4, 0.5) is 0 Å². The van der Waals surface area contributed by atoms with Crippen molar-refractivity contribution >= 4 is 11.7 Å². The summed E-state index contributed by atoms with van der Waals surface area (Å²) in [4.78, 5) is 20.9. The van der Waals surface area contributed by atoms with Gasteiger partial charge in [0.1, 0.15) is 0 Å². The summed E-state index contributed by atoms with van der Waals surface area (Å²) < 4.78 is 6.76. The van der Waals surface area contributed by atoms with E-state index in [1.807, 2.05) is 40.7 Å². The molecule has 0 aliphatic heterocycles. The first-order valence-electron chi connectivity index (χ1n) is 7.56. The Labute approximate surface area is 138 Å². The lowest BCUT2D eigenvalue weighted by Gasteiger charge is -2.10. The van der Waals surface area contributed by atoms with Crippen LogP contribution < -0.4 is 5.32 Å². The molecule has 9 nitrogen and oxygen atoms in total. The normalized spacial score (nSPS) is 11.9. The Morgan fingerprint density at radius 1 is 1.25 bits per heavy atom. The second-order valence-electron chi connectivity index (χ2n) is 6.64. The number of nitrogens with one attached hydrogen (secondary N) is 1. The second-order valence-corrected chi connectivity index (χ2v) is 6.64. The number of carbonyl (C=O) groups excluding carboxylic acids is 1. The van der Waals surface area contributed by atoms with E-state index in [1.54, 1.807) is 4.40 Å². The van der Waals surface area contributed by atoms with Gasteiger partial charge < -0.3 is 9.84 Å². The predicted octanol–water partition coefficient (Wildman–Crippen LogP) is 1.35. The number of amides is 1. The van der Waals surface area contributed by atoms with Crippen molar-refractivity contribution in [3.63, 3.8) is 0 Å². The summed E-state index contributed by atoms with van der Waals surface area (Å²) in [6, 6.07) is 1.86. The van der Waals surface area contributed by atoms with Crippen LogP contribution in [-0.4, -0.2) is 35.6 Å². The second kappa shape index (κ2) is 5.66. The van der Waals surface area contributed by atoms with E-state index in [-0.39, 0.29) is 23.7 Å². The van der Waals surface area contributed by atoms with Gasteiger partial charge in [-0.05, 0) is 19.9 Å². The van der Waals surface area contributed by atoms with Gasteiger partial charge in [-0.15, -0.1) is 10.2 Å². The van der Waals surface area contributed by atoms with Crippen molar-refractivity contribution < 1.29 is 9.32 Å². The van der Waals surface area contributed by atoms with Crippen molar-refractivity contribution in [1.82, 2.24) is 35.0 Å². The highest BCUT2D eigenvalue weighted by molar-refractivity contribution is 5.91. The molecule has 0 aromatic carbocycles. The summed E-state index contributed by atoms with van der Waals surface area (Å²) >= 11 is 0. The van der Waals surface area contributed by atoms with Gasteiger partial charge in [0.15, 0.2) is 5.82 Å². The Kier molecular flexibility index (Phi) is 3.78. The zero-order chi connectivity index (χ0) is 17.5. The highest BCUT2D eigenvalue weighted by Crippen LogP contribution is 2.18. The van der Waals surface area contributed by atoms with Gasteiger partial charge >= 0.3 is 0 Å². The summed E-state index contributed by atoms with van der Waals surface area (Å²) in [6.45, 7) is 9.81. The summed E-state index contributed by atoms with van der Waals surface area (Å²) in [5, 5.41) is 14.5. The van der Waals surface area contributed by atoms with Gasteiger partial charge in [-0.1, -0.05) is 25.9 Å². The fourth-order valence-corrected chi connectivity index (χ4v) is 2.24. The molecular weight excluding hydrogens is 310 g/mol. The number of aryl methyl sites for hydroxylation is 2. The summed E-state index contributed by atoms with van der Waals surface area (Å²) in [5.41, 5.74) is 1.44. The zero-order valence-electron chi connectivity index (χ0n) is 14.3. The third-order valence-corrected chi connectivity index (χ3v) is 3.43. The number of carbonyl (C=O) groups is 1. The molecule has 9 heteroatoms. The van der Waals surface area contributed by atoms with Crippen LogP contribution in [0.1, 0.15) is 54.5 Å². The summed E-state index contributed by atoms with van der Waals surface area (Å²) in [5.74, 6) is 1.12. The minimum atomic E-state index is -0.383. The van der Waals surface area contributed by atoms with E-state index in [2.05, 4.69) is 30.6 Å². The highest BCUT2D eigenvalue weighted by atomic mass is 16.5. The van der Waals surface area contributed by atoms with Gasteiger partial charge in [-0.3, -0.25) is 9.20 Å². The Balaban J connectivity index is 1.77. The van der Waals surface area contributed by atoms with E-state index in [9.17, 15) is 4.79 Å². The molecule has 0 atom stereocenters. The SMILES string of the molecule is Cc1cc(C)n2c(C(=O)NCc3nc(C(C)(C)C)no3)nnc2n1. The van der Waals surface area contributed by atoms with Crippen molar-refractivity contribution in [2.45, 2.75) is 46.6 Å². The first-order chi connectivity index (χ1) is 11.3. The molecule has 3 aromatic rings. The quantitative estimate of drug-likeness (QED) is 0.772. The standard InChI is InChI=1S/C15H19N7O2/c1-8-6-9(2)22-11(19-20-14(22)17-8)12(23)16-7-10-18-13(21-24-10)15(3,4)5/h6H,7H2,1-5H3,(H,16,23). The summed E-state index contributed by atoms with van der Waals surface area (Å²) in [7, 11) is 0. The lowest BCUT2D eigenvalue weighted by atomic mass is 9.96. The van der Waals surface area contributed by atoms with Gasteiger partial charge in [0.05, 0.1) is 6.54 Å². The van der Waals surface area contributed by atoms with Crippen molar-refractivity contribution in [2.24, 2.45) is 0 Å². The number of fused-ring (bicyclic) bond motifs is 1. The van der Waals surface area contributed by atoms with Crippen LogP contribution >= 0.6 is 0 Å². The Morgan fingerprint density at radius 2 is 2.00 bits per heavy atom. The molecular formula is C15H19N7O2. The van der Waals surface area contributed by atoms with Crippen LogP contribution in [0.25, 0.3) is 5.78 Å². The third-order valence-electron chi connectivity index (χ3n) is 3.43. The number of nitrogens with zero attached hydrogens (tertiary/aromatic N) is 6. The highest BCUT2D eigenvalue weighted by Gasteiger charge is 2.22. The van der Waals surface area contributed by atoms with Crippen LogP contribution in [0.5, 0.6) is 0 Å². The number of hydrogen-bond donors (Lipinski definition) is 1. The average Bonchev–Trinajstić information content (AvgIpc) is 3.10. The lowest BCUT2D eigenvalue weighted by molar-refractivity contribution is 0.0934. The third kappa shape index (κ3) is 2.97.